The minimum atomic E-state index is -0.342. The molecule has 0 spiro atoms. The molecule has 21 heavy (non-hydrogen) atoms. The number of carbonyl (C=O) groups is 1. The third kappa shape index (κ3) is 6.17. The Hall–Kier alpha value is -1.55. The van der Waals surface area contributed by atoms with Crippen molar-refractivity contribution in [2.24, 2.45) is 0 Å². The monoisotopic (exact) mass is 293 g/mol. The Labute approximate surface area is 127 Å². The van der Waals surface area contributed by atoms with E-state index >= 15 is 0 Å². The van der Waals surface area contributed by atoms with Gasteiger partial charge in [0.2, 0.25) is 0 Å². The highest BCUT2D eigenvalue weighted by atomic mass is 16.6. The molecule has 0 aliphatic carbocycles. The van der Waals surface area contributed by atoms with Gasteiger partial charge in [0.15, 0.2) is 6.61 Å². The van der Waals surface area contributed by atoms with Crippen LogP contribution in [0, 0.1) is 6.92 Å². The van der Waals surface area contributed by atoms with Crippen molar-refractivity contribution in [1.82, 2.24) is 5.32 Å². The number of carbonyl (C=O) groups excluding carboxylic acids is 1. The van der Waals surface area contributed by atoms with Crippen molar-refractivity contribution < 1.29 is 14.3 Å². The van der Waals surface area contributed by atoms with Crippen LogP contribution in [0.3, 0.4) is 0 Å². The summed E-state index contributed by atoms with van der Waals surface area (Å²) >= 11 is 0. The summed E-state index contributed by atoms with van der Waals surface area (Å²) in [6, 6.07) is 6.17. The fraction of sp³-hybridized carbons (Fsp3) is 0.588. The Bertz CT molecular complexity index is 457. The van der Waals surface area contributed by atoms with Gasteiger partial charge in [-0.05, 0) is 46.7 Å². The summed E-state index contributed by atoms with van der Waals surface area (Å²) in [6.45, 7) is 10.8. The maximum Gasteiger partial charge on any atom is 0.344 e. The van der Waals surface area contributed by atoms with Gasteiger partial charge in [0, 0.05) is 11.6 Å². The van der Waals surface area contributed by atoms with Gasteiger partial charge in [0.05, 0.1) is 6.10 Å². The molecule has 1 aromatic rings. The first-order valence-corrected chi connectivity index (χ1v) is 7.60. The Morgan fingerprint density at radius 1 is 1.29 bits per heavy atom. The van der Waals surface area contributed by atoms with Crippen LogP contribution in [0.1, 0.15) is 51.3 Å². The molecule has 1 N–H and O–H groups in total. The zero-order valence-corrected chi connectivity index (χ0v) is 13.7. The largest absolute Gasteiger partial charge is 0.482 e. The van der Waals surface area contributed by atoms with Crippen molar-refractivity contribution in [3.8, 4) is 5.75 Å². The zero-order valence-electron chi connectivity index (χ0n) is 13.7. The van der Waals surface area contributed by atoms with Crippen LogP contribution in [-0.4, -0.2) is 25.2 Å². The summed E-state index contributed by atoms with van der Waals surface area (Å²) in [4.78, 5) is 11.6. The molecule has 0 aromatic heterocycles. The molecular formula is C17H27NO3. The van der Waals surface area contributed by atoms with Gasteiger partial charge in [-0.3, -0.25) is 0 Å². The lowest BCUT2D eigenvalue weighted by molar-refractivity contribution is -0.149. The molecule has 0 fully saturated rings. The van der Waals surface area contributed by atoms with Crippen molar-refractivity contribution in [2.75, 3.05) is 13.2 Å². The van der Waals surface area contributed by atoms with Gasteiger partial charge in [-0.15, -0.1) is 0 Å². The molecular weight excluding hydrogens is 266 g/mol. The molecule has 118 valence electrons. The quantitative estimate of drug-likeness (QED) is 0.746. The number of rotatable bonds is 8. The van der Waals surface area contributed by atoms with Crippen molar-refractivity contribution >= 4 is 5.97 Å². The molecule has 1 aromatic carbocycles. The first-order valence-electron chi connectivity index (χ1n) is 7.60. The maximum absolute atomic E-state index is 11.6. The molecule has 0 bridgehead atoms. The van der Waals surface area contributed by atoms with Crippen LogP contribution in [0.4, 0.5) is 0 Å². The van der Waals surface area contributed by atoms with Crippen molar-refractivity contribution in [3.05, 3.63) is 29.3 Å². The molecule has 0 heterocycles. The van der Waals surface area contributed by atoms with Gasteiger partial charge in [-0.2, -0.15) is 0 Å². The number of benzene rings is 1. The van der Waals surface area contributed by atoms with Gasteiger partial charge in [0.25, 0.3) is 0 Å². The molecule has 0 aliphatic heterocycles. The third-order valence-corrected chi connectivity index (χ3v) is 3.04. The fourth-order valence-electron chi connectivity index (χ4n) is 2.04. The summed E-state index contributed by atoms with van der Waals surface area (Å²) in [5, 5.41) is 3.44. The molecule has 1 atom stereocenters. The van der Waals surface area contributed by atoms with Gasteiger partial charge < -0.3 is 14.8 Å². The van der Waals surface area contributed by atoms with Gasteiger partial charge in [0.1, 0.15) is 5.75 Å². The Balaban J connectivity index is 2.74. The number of aryl methyl sites for hydroxylation is 1. The smallest absolute Gasteiger partial charge is 0.344 e. The average Bonchev–Trinajstić information content (AvgIpc) is 2.42. The van der Waals surface area contributed by atoms with Crippen LogP contribution in [0.15, 0.2) is 18.2 Å². The van der Waals surface area contributed by atoms with Crippen LogP contribution >= 0.6 is 0 Å². The Kier molecular flexibility index (Phi) is 7.23. The summed E-state index contributed by atoms with van der Waals surface area (Å²) in [5.74, 6) is 0.392. The van der Waals surface area contributed by atoms with E-state index < -0.39 is 0 Å². The predicted octanol–water partition coefficient (Wildman–Crippen LogP) is 3.39. The topological polar surface area (TPSA) is 47.6 Å². The normalized spacial score (nSPS) is 12.3. The van der Waals surface area contributed by atoms with Crippen LogP contribution in [-0.2, 0) is 9.53 Å². The lowest BCUT2D eigenvalue weighted by Gasteiger charge is -2.19. The molecule has 0 saturated carbocycles. The van der Waals surface area contributed by atoms with Gasteiger partial charge in [-0.1, -0.05) is 24.6 Å². The lowest BCUT2D eigenvalue weighted by Crippen LogP contribution is -2.22. The van der Waals surface area contributed by atoms with E-state index in [1.165, 1.54) is 5.56 Å². The van der Waals surface area contributed by atoms with E-state index in [0.29, 0.717) is 0 Å². The van der Waals surface area contributed by atoms with Crippen LogP contribution in [0.5, 0.6) is 5.75 Å². The fourth-order valence-corrected chi connectivity index (χ4v) is 2.04. The number of nitrogens with one attached hydrogen (secondary N) is 1. The minimum absolute atomic E-state index is 0.0608. The first-order chi connectivity index (χ1) is 9.93. The number of ether oxygens (including phenoxy) is 2. The highest BCUT2D eigenvalue weighted by Crippen LogP contribution is 2.26. The highest BCUT2D eigenvalue weighted by molar-refractivity contribution is 5.71. The Morgan fingerprint density at radius 2 is 2.00 bits per heavy atom. The summed E-state index contributed by atoms with van der Waals surface area (Å²) in [6.07, 6.45) is 0.955. The first kappa shape index (κ1) is 17.5. The molecule has 0 radical (unpaired) electrons. The zero-order chi connectivity index (χ0) is 15.8. The second-order valence-corrected chi connectivity index (χ2v) is 5.54. The Morgan fingerprint density at radius 3 is 2.62 bits per heavy atom. The highest BCUT2D eigenvalue weighted by Gasteiger charge is 2.13. The van der Waals surface area contributed by atoms with E-state index in [0.717, 1.165) is 24.3 Å². The van der Waals surface area contributed by atoms with E-state index in [9.17, 15) is 4.79 Å². The van der Waals surface area contributed by atoms with E-state index in [1.54, 1.807) is 0 Å². The predicted molar refractivity (Wildman–Crippen MR) is 84.6 cm³/mol. The molecule has 0 saturated heterocycles. The summed E-state index contributed by atoms with van der Waals surface area (Å²) in [7, 11) is 0. The van der Waals surface area contributed by atoms with E-state index in [-0.39, 0.29) is 24.7 Å². The van der Waals surface area contributed by atoms with Gasteiger partial charge >= 0.3 is 5.97 Å². The van der Waals surface area contributed by atoms with Crippen LogP contribution < -0.4 is 10.1 Å². The SMILES string of the molecule is CCCNC(C)c1cc(C)ccc1OCC(=O)OC(C)C. The minimum Gasteiger partial charge on any atom is -0.482 e. The van der Waals surface area contributed by atoms with E-state index in [2.05, 4.69) is 25.2 Å². The molecule has 1 unspecified atom stereocenters. The summed E-state index contributed by atoms with van der Waals surface area (Å²) < 4.78 is 10.7. The van der Waals surface area contributed by atoms with E-state index in [1.807, 2.05) is 32.9 Å². The number of hydrogen-bond donors (Lipinski definition) is 1. The standard InChI is InChI=1S/C17H27NO3/c1-6-9-18-14(5)15-10-13(4)7-8-16(15)20-11-17(19)21-12(2)3/h7-8,10,12,14,18H,6,9,11H2,1-5H3. The number of hydrogen-bond acceptors (Lipinski definition) is 4. The second kappa shape index (κ2) is 8.67. The number of esters is 1. The van der Waals surface area contributed by atoms with Crippen LogP contribution in [0.25, 0.3) is 0 Å². The van der Waals surface area contributed by atoms with Crippen molar-refractivity contribution in [2.45, 2.75) is 53.2 Å². The second-order valence-electron chi connectivity index (χ2n) is 5.54. The molecule has 0 aliphatic rings. The third-order valence-electron chi connectivity index (χ3n) is 3.04. The molecule has 1 rings (SSSR count). The van der Waals surface area contributed by atoms with Crippen molar-refractivity contribution in [1.29, 1.82) is 0 Å². The average molecular weight is 293 g/mol. The van der Waals surface area contributed by atoms with Crippen molar-refractivity contribution in [3.63, 3.8) is 0 Å². The molecule has 4 nitrogen and oxygen atoms in total. The van der Waals surface area contributed by atoms with Crippen LogP contribution in [0.2, 0.25) is 0 Å². The maximum atomic E-state index is 11.6. The van der Waals surface area contributed by atoms with Gasteiger partial charge in [-0.25, -0.2) is 4.79 Å². The molecule has 0 amide bonds. The summed E-state index contributed by atoms with van der Waals surface area (Å²) in [5.41, 5.74) is 2.24. The molecule has 4 heteroatoms. The van der Waals surface area contributed by atoms with E-state index in [4.69, 9.17) is 9.47 Å². The lowest BCUT2D eigenvalue weighted by atomic mass is 10.0.